The molecule has 0 saturated carbocycles. The van der Waals surface area contributed by atoms with Crippen molar-refractivity contribution in [2.75, 3.05) is 6.26 Å². The van der Waals surface area contributed by atoms with Crippen LogP contribution in [0.3, 0.4) is 0 Å². The Hall–Kier alpha value is -2.72. The third kappa shape index (κ3) is 2.94. The van der Waals surface area contributed by atoms with Crippen LogP contribution in [0, 0.1) is 0 Å². The van der Waals surface area contributed by atoms with Gasteiger partial charge in [0, 0.05) is 24.2 Å². The van der Waals surface area contributed by atoms with Gasteiger partial charge in [-0.25, -0.2) is 18.5 Å². The number of tetrazole rings is 1. The summed E-state index contributed by atoms with van der Waals surface area (Å²) in [6.07, 6.45) is 4.01. The lowest BCUT2D eigenvalue weighted by atomic mass is 10.0. The fraction of sp³-hybridized carbons (Fsp3) is 0.154. The van der Waals surface area contributed by atoms with Crippen LogP contribution in [-0.4, -0.2) is 50.4 Å². The van der Waals surface area contributed by atoms with E-state index >= 15 is 0 Å². The number of aliphatic hydroxyl groups excluding tert-OH is 1. The summed E-state index contributed by atoms with van der Waals surface area (Å²) in [6, 6.07) is 5.04. The summed E-state index contributed by atoms with van der Waals surface area (Å²) in [5, 5.41) is 22.3. The van der Waals surface area contributed by atoms with Crippen LogP contribution in [0.2, 0.25) is 0 Å². The standard InChI is InChI=1S/C13H12N6O3S/c1-23(21,22)13-11(12-16-18-19-17-12)10(4-5-14-13)8-2-3-9(7-20)15-6-8/h2-6,20H,7H2,1H3,(H,16,17,18,19). The molecule has 9 nitrogen and oxygen atoms in total. The molecule has 10 heteroatoms. The van der Waals surface area contributed by atoms with Crippen LogP contribution >= 0.6 is 0 Å². The number of sulfone groups is 1. The molecule has 0 aromatic carbocycles. The Morgan fingerprint density at radius 1 is 1.22 bits per heavy atom. The molecule has 0 aliphatic heterocycles. The Balaban J connectivity index is 2.28. The van der Waals surface area contributed by atoms with E-state index in [1.54, 1.807) is 24.4 Å². The van der Waals surface area contributed by atoms with E-state index in [2.05, 4.69) is 30.6 Å². The normalized spacial score (nSPS) is 11.6. The van der Waals surface area contributed by atoms with E-state index in [1.165, 1.54) is 6.20 Å². The number of nitrogens with zero attached hydrogens (tertiary/aromatic N) is 5. The number of pyridine rings is 2. The second kappa shape index (κ2) is 5.82. The highest BCUT2D eigenvalue weighted by atomic mass is 32.2. The minimum Gasteiger partial charge on any atom is -0.390 e. The first-order valence-corrected chi connectivity index (χ1v) is 8.39. The average Bonchev–Trinajstić information content (AvgIpc) is 3.07. The molecule has 3 aromatic heterocycles. The molecule has 3 aromatic rings. The second-order valence-corrected chi connectivity index (χ2v) is 6.69. The van der Waals surface area contributed by atoms with Gasteiger partial charge in [-0.2, -0.15) is 0 Å². The molecule has 0 radical (unpaired) electrons. The lowest BCUT2D eigenvalue weighted by Crippen LogP contribution is -2.05. The molecule has 3 rings (SSSR count). The SMILES string of the molecule is CS(=O)(=O)c1nccc(-c2ccc(CO)nc2)c1-c1nnn[nH]1. The summed E-state index contributed by atoms with van der Waals surface area (Å²) in [5.74, 6) is 0.194. The van der Waals surface area contributed by atoms with Crippen LogP contribution in [0.1, 0.15) is 5.69 Å². The first-order valence-electron chi connectivity index (χ1n) is 6.50. The van der Waals surface area contributed by atoms with Crippen LogP contribution in [-0.2, 0) is 16.4 Å². The fourth-order valence-electron chi connectivity index (χ4n) is 2.14. The smallest absolute Gasteiger partial charge is 0.193 e. The van der Waals surface area contributed by atoms with Gasteiger partial charge in [-0.05, 0) is 28.1 Å². The highest BCUT2D eigenvalue weighted by Gasteiger charge is 2.23. The molecule has 0 aliphatic rings. The van der Waals surface area contributed by atoms with Crippen molar-refractivity contribution in [3.8, 4) is 22.5 Å². The summed E-state index contributed by atoms with van der Waals surface area (Å²) in [4.78, 5) is 8.07. The summed E-state index contributed by atoms with van der Waals surface area (Å²) in [6.45, 7) is -0.176. The lowest BCUT2D eigenvalue weighted by molar-refractivity contribution is 0.277. The molecule has 0 unspecified atom stereocenters. The van der Waals surface area contributed by atoms with Gasteiger partial charge in [0.15, 0.2) is 20.7 Å². The molecule has 0 bridgehead atoms. The van der Waals surface area contributed by atoms with Crippen molar-refractivity contribution < 1.29 is 13.5 Å². The van der Waals surface area contributed by atoms with Gasteiger partial charge in [-0.1, -0.05) is 6.07 Å². The quantitative estimate of drug-likeness (QED) is 0.692. The van der Waals surface area contributed by atoms with E-state index in [0.29, 0.717) is 16.8 Å². The number of aromatic nitrogens is 6. The predicted molar refractivity (Wildman–Crippen MR) is 79.7 cm³/mol. The molecular weight excluding hydrogens is 320 g/mol. The van der Waals surface area contributed by atoms with Crippen molar-refractivity contribution in [2.45, 2.75) is 11.6 Å². The molecule has 0 atom stereocenters. The predicted octanol–water partition coefficient (Wildman–Crippen LogP) is 0.219. The number of hydrogen-bond donors (Lipinski definition) is 2. The highest BCUT2D eigenvalue weighted by Crippen LogP contribution is 2.33. The minimum atomic E-state index is -3.59. The topological polar surface area (TPSA) is 135 Å². The Bertz CT molecular complexity index is 923. The number of aromatic amines is 1. The van der Waals surface area contributed by atoms with Crippen LogP contribution in [0.15, 0.2) is 35.6 Å². The molecule has 0 aliphatic carbocycles. The van der Waals surface area contributed by atoms with Crippen LogP contribution in [0.25, 0.3) is 22.5 Å². The van der Waals surface area contributed by atoms with Crippen molar-refractivity contribution in [3.63, 3.8) is 0 Å². The summed E-state index contributed by atoms with van der Waals surface area (Å²) < 4.78 is 24.1. The van der Waals surface area contributed by atoms with Crippen LogP contribution in [0.4, 0.5) is 0 Å². The summed E-state index contributed by atoms with van der Waals surface area (Å²) >= 11 is 0. The molecule has 3 heterocycles. The highest BCUT2D eigenvalue weighted by molar-refractivity contribution is 7.90. The van der Waals surface area contributed by atoms with E-state index in [4.69, 9.17) is 5.11 Å². The zero-order chi connectivity index (χ0) is 16.4. The van der Waals surface area contributed by atoms with E-state index < -0.39 is 9.84 Å². The monoisotopic (exact) mass is 332 g/mol. The van der Waals surface area contributed by atoms with Crippen molar-refractivity contribution >= 4 is 9.84 Å². The third-order valence-corrected chi connectivity index (χ3v) is 4.16. The van der Waals surface area contributed by atoms with Crippen molar-refractivity contribution in [3.05, 3.63) is 36.3 Å². The van der Waals surface area contributed by atoms with Gasteiger partial charge in [0.25, 0.3) is 0 Å². The average molecular weight is 332 g/mol. The zero-order valence-corrected chi connectivity index (χ0v) is 12.8. The molecule has 23 heavy (non-hydrogen) atoms. The van der Waals surface area contributed by atoms with E-state index in [0.717, 1.165) is 6.26 Å². The van der Waals surface area contributed by atoms with Crippen molar-refractivity contribution in [1.82, 2.24) is 30.6 Å². The first kappa shape index (κ1) is 15.2. The van der Waals surface area contributed by atoms with Gasteiger partial charge in [-0.15, -0.1) is 5.10 Å². The Kier molecular flexibility index (Phi) is 3.84. The van der Waals surface area contributed by atoms with Crippen LogP contribution in [0.5, 0.6) is 0 Å². The van der Waals surface area contributed by atoms with Crippen molar-refractivity contribution in [2.24, 2.45) is 0 Å². The van der Waals surface area contributed by atoms with Gasteiger partial charge in [-0.3, -0.25) is 4.98 Å². The second-order valence-electron chi connectivity index (χ2n) is 4.76. The minimum absolute atomic E-state index is 0.125. The fourth-order valence-corrected chi connectivity index (χ4v) is 2.97. The van der Waals surface area contributed by atoms with Gasteiger partial charge in [0.05, 0.1) is 17.9 Å². The third-order valence-electron chi connectivity index (χ3n) is 3.15. The summed E-state index contributed by atoms with van der Waals surface area (Å²) in [7, 11) is -3.59. The number of nitrogens with one attached hydrogen (secondary N) is 1. The largest absolute Gasteiger partial charge is 0.390 e. The number of aliphatic hydroxyl groups is 1. The van der Waals surface area contributed by atoms with E-state index in [9.17, 15) is 8.42 Å². The lowest BCUT2D eigenvalue weighted by Gasteiger charge is -2.10. The van der Waals surface area contributed by atoms with E-state index in [-0.39, 0.29) is 23.0 Å². The van der Waals surface area contributed by atoms with Gasteiger partial charge in [0.1, 0.15) is 0 Å². The number of rotatable bonds is 4. The number of hydrogen-bond acceptors (Lipinski definition) is 8. The maximum absolute atomic E-state index is 12.0. The van der Waals surface area contributed by atoms with Crippen LogP contribution < -0.4 is 0 Å². The molecule has 0 amide bonds. The maximum Gasteiger partial charge on any atom is 0.193 e. The molecule has 2 N–H and O–H groups in total. The summed E-state index contributed by atoms with van der Waals surface area (Å²) in [5.41, 5.74) is 2.00. The number of H-pyrrole nitrogens is 1. The molecular formula is C13H12N6O3S. The first-order chi connectivity index (χ1) is 11.0. The van der Waals surface area contributed by atoms with Gasteiger partial charge in [0.2, 0.25) is 0 Å². The molecule has 0 fully saturated rings. The zero-order valence-electron chi connectivity index (χ0n) is 12.0. The van der Waals surface area contributed by atoms with E-state index in [1.807, 2.05) is 0 Å². The molecule has 0 spiro atoms. The Morgan fingerprint density at radius 3 is 2.61 bits per heavy atom. The van der Waals surface area contributed by atoms with Crippen molar-refractivity contribution in [1.29, 1.82) is 0 Å². The Labute approximate surface area is 131 Å². The van der Waals surface area contributed by atoms with Gasteiger partial charge < -0.3 is 5.11 Å². The van der Waals surface area contributed by atoms with Gasteiger partial charge >= 0.3 is 0 Å². The molecule has 118 valence electrons. The Morgan fingerprint density at radius 2 is 2.04 bits per heavy atom. The maximum atomic E-state index is 12.0. The molecule has 0 saturated heterocycles.